The Morgan fingerprint density at radius 2 is 0.931 bits per heavy atom. The Balaban J connectivity index is 1.05. The molecular formula is C55H34N2S. The van der Waals surface area contributed by atoms with Gasteiger partial charge < -0.3 is 0 Å². The maximum absolute atomic E-state index is 5.29. The molecule has 3 heteroatoms. The summed E-state index contributed by atoms with van der Waals surface area (Å²) in [5.41, 5.74) is 18.5. The largest absolute Gasteiger partial charge is 0.228 e. The van der Waals surface area contributed by atoms with Crippen molar-refractivity contribution in [1.82, 2.24) is 9.97 Å². The molecule has 2 aliphatic rings. The number of benzene rings is 8. The number of hydrogen-bond donors (Lipinski definition) is 0. The Labute approximate surface area is 341 Å². The fourth-order valence-corrected chi connectivity index (χ4v) is 11.1. The summed E-state index contributed by atoms with van der Waals surface area (Å²) < 4.78 is 1.34. The van der Waals surface area contributed by atoms with Gasteiger partial charge >= 0.3 is 0 Å². The minimum atomic E-state index is -0.375. The zero-order valence-corrected chi connectivity index (χ0v) is 32.2. The third-order valence-corrected chi connectivity index (χ3v) is 13.4. The normalized spacial score (nSPS) is 14.6. The number of hydrogen-bond acceptors (Lipinski definition) is 3. The van der Waals surface area contributed by atoms with E-state index in [9.17, 15) is 0 Å². The lowest BCUT2D eigenvalue weighted by Gasteiger charge is -2.29. The van der Waals surface area contributed by atoms with E-state index in [2.05, 4.69) is 200 Å². The topological polar surface area (TPSA) is 25.8 Å². The molecule has 0 N–H and O–H groups in total. The Morgan fingerprint density at radius 3 is 1.74 bits per heavy atom. The van der Waals surface area contributed by atoms with Crippen molar-refractivity contribution in [3.05, 3.63) is 228 Å². The summed E-state index contributed by atoms with van der Waals surface area (Å²) in [4.78, 5) is 11.9. The summed E-state index contributed by atoms with van der Waals surface area (Å²) in [6.45, 7) is 0. The van der Waals surface area contributed by atoms with E-state index in [0.717, 1.165) is 44.8 Å². The van der Waals surface area contributed by atoms with Crippen LogP contribution in [0.1, 0.15) is 21.6 Å². The predicted octanol–water partition coefficient (Wildman–Crippen LogP) is 14.4. The van der Waals surface area contributed by atoms with Gasteiger partial charge in [-0.2, -0.15) is 0 Å². The zero-order chi connectivity index (χ0) is 38.2. The van der Waals surface area contributed by atoms with Gasteiger partial charge in [-0.25, -0.2) is 9.97 Å². The number of aromatic nitrogens is 2. The average Bonchev–Trinajstić information content (AvgIpc) is 3.93. The highest BCUT2D eigenvalue weighted by molar-refractivity contribution is 7.20. The first-order chi connectivity index (χ1) is 28.8. The summed E-state index contributed by atoms with van der Waals surface area (Å²) in [5.74, 6) is 0.705. The highest BCUT2D eigenvalue weighted by Crippen LogP contribution is 2.66. The van der Waals surface area contributed by atoms with E-state index in [1.165, 1.54) is 59.5 Å². The van der Waals surface area contributed by atoms with Crippen molar-refractivity contribution in [3.63, 3.8) is 0 Å². The van der Waals surface area contributed by atoms with Gasteiger partial charge in [-0.15, -0.1) is 11.3 Å². The molecule has 0 saturated carbocycles. The first-order valence-corrected chi connectivity index (χ1v) is 20.6. The van der Waals surface area contributed by atoms with Crippen molar-refractivity contribution in [2.45, 2.75) is 5.41 Å². The molecule has 1 unspecified atom stereocenters. The second-order valence-electron chi connectivity index (χ2n) is 15.2. The number of thiophene rings is 1. The summed E-state index contributed by atoms with van der Waals surface area (Å²) in [6, 6.07) is 74.6. The van der Waals surface area contributed by atoms with Crippen molar-refractivity contribution >= 4 is 21.4 Å². The van der Waals surface area contributed by atoms with E-state index in [-0.39, 0.29) is 5.41 Å². The molecule has 1 spiro atoms. The van der Waals surface area contributed by atoms with Crippen LogP contribution in [0.4, 0.5) is 0 Å². The first kappa shape index (κ1) is 33.0. The van der Waals surface area contributed by atoms with Gasteiger partial charge in [-0.3, -0.25) is 0 Å². The molecule has 12 rings (SSSR count). The first-order valence-electron chi connectivity index (χ1n) is 19.8. The van der Waals surface area contributed by atoms with Crippen LogP contribution in [0.3, 0.4) is 0 Å². The minimum absolute atomic E-state index is 0.375. The average molecular weight is 755 g/mol. The van der Waals surface area contributed by atoms with E-state index in [4.69, 9.17) is 9.97 Å². The highest BCUT2D eigenvalue weighted by Gasteiger charge is 2.53. The smallest absolute Gasteiger partial charge is 0.160 e. The quantitative estimate of drug-likeness (QED) is 0.175. The maximum atomic E-state index is 5.29. The molecule has 0 bridgehead atoms. The van der Waals surface area contributed by atoms with Crippen LogP contribution in [0.2, 0.25) is 0 Å². The Hall–Kier alpha value is -7.20. The van der Waals surface area contributed by atoms with Gasteiger partial charge in [0, 0.05) is 37.2 Å². The van der Waals surface area contributed by atoms with Crippen molar-refractivity contribution in [2.24, 2.45) is 0 Å². The van der Waals surface area contributed by atoms with Crippen LogP contribution in [0.25, 0.3) is 88.5 Å². The molecule has 2 aliphatic carbocycles. The van der Waals surface area contributed by atoms with E-state index < -0.39 is 0 Å². The molecule has 0 saturated heterocycles. The molecule has 2 nitrogen and oxygen atoms in total. The Bertz CT molecular complexity index is 3240. The van der Waals surface area contributed by atoms with Crippen LogP contribution in [-0.4, -0.2) is 9.97 Å². The fraction of sp³-hybridized carbons (Fsp3) is 0.0182. The molecule has 8 aromatic carbocycles. The maximum Gasteiger partial charge on any atom is 0.160 e. The lowest BCUT2D eigenvalue weighted by atomic mass is 9.73. The third-order valence-electron chi connectivity index (χ3n) is 12.1. The van der Waals surface area contributed by atoms with E-state index in [0.29, 0.717) is 5.82 Å². The second-order valence-corrected chi connectivity index (χ2v) is 16.3. The van der Waals surface area contributed by atoms with Crippen molar-refractivity contribution < 1.29 is 0 Å². The summed E-state index contributed by atoms with van der Waals surface area (Å²) in [7, 11) is 0. The predicted molar refractivity (Wildman–Crippen MR) is 241 cm³/mol. The van der Waals surface area contributed by atoms with Gasteiger partial charge in [-0.05, 0) is 79.9 Å². The zero-order valence-electron chi connectivity index (χ0n) is 31.4. The molecule has 0 aliphatic heterocycles. The van der Waals surface area contributed by atoms with E-state index >= 15 is 0 Å². The Morgan fingerprint density at radius 1 is 0.345 bits per heavy atom. The highest BCUT2D eigenvalue weighted by atomic mass is 32.1. The second kappa shape index (κ2) is 12.9. The lowest BCUT2D eigenvalue weighted by molar-refractivity contribution is 0.812. The number of fused-ring (bicyclic) bond motifs is 12. The van der Waals surface area contributed by atoms with Gasteiger partial charge in [-0.1, -0.05) is 182 Å². The molecule has 2 heterocycles. The van der Waals surface area contributed by atoms with Gasteiger partial charge in [0.15, 0.2) is 5.82 Å². The van der Waals surface area contributed by atoms with E-state index in [1.54, 1.807) is 0 Å². The van der Waals surface area contributed by atoms with Crippen molar-refractivity contribution in [1.29, 1.82) is 0 Å². The van der Waals surface area contributed by atoms with Crippen LogP contribution in [-0.2, 0) is 5.41 Å². The van der Waals surface area contributed by atoms with Gasteiger partial charge in [0.25, 0.3) is 0 Å². The monoisotopic (exact) mass is 754 g/mol. The van der Waals surface area contributed by atoms with Gasteiger partial charge in [0.1, 0.15) is 0 Å². The molecule has 270 valence electrons. The van der Waals surface area contributed by atoms with Gasteiger partial charge in [0.2, 0.25) is 0 Å². The fourth-order valence-electron chi connectivity index (χ4n) is 9.61. The SMILES string of the molecule is c1ccc(-c2cccc(-c3cc(-c4ccccc4-c4ccc5c(c4)-c4ccccc4C54c5ccccc5-c5c4sc4ccccc54)nc(-c4ccccc4)n3)c2)cc1. The summed E-state index contributed by atoms with van der Waals surface area (Å²) in [5, 5.41) is 1.34. The van der Waals surface area contributed by atoms with Crippen LogP contribution in [0, 0.1) is 0 Å². The summed E-state index contributed by atoms with van der Waals surface area (Å²) in [6.07, 6.45) is 0. The van der Waals surface area contributed by atoms with Crippen LogP contribution < -0.4 is 0 Å². The lowest BCUT2D eigenvalue weighted by Crippen LogP contribution is -2.24. The Kier molecular flexibility index (Phi) is 7.35. The number of nitrogens with zero attached hydrogens (tertiary/aromatic N) is 2. The van der Waals surface area contributed by atoms with Crippen LogP contribution in [0.5, 0.6) is 0 Å². The molecule has 2 aromatic heterocycles. The van der Waals surface area contributed by atoms with Crippen LogP contribution in [0.15, 0.2) is 206 Å². The van der Waals surface area contributed by atoms with Crippen molar-refractivity contribution in [2.75, 3.05) is 0 Å². The molecule has 0 fully saturated rings. The molecule has 1 atom stereocenters. The van der Waals surface area contributed by atoms with Gasteiger partial charge in [0.05, 0.1) is 16.8 Å². The molecule has 0 amide bonds. The van der Waals surface area contributed by atoms with Crippen molar-refractivity contribution in [3.8, 4) is 78.4 Å². The molecular weight excluding hydrogens is 721 g/mol. The molecule has 10 aromatic rings. The number of rotatable bonds is 5. The minimum Gasteiger partial charge on any atom is -0.228 e. The third kappa shape index (κ3) is 4.84. The van der Waals surface area contributed by atoms with Crippen LogP contribution >= 0.6 is 11.3 Å². The molecule has 58 heavy (non-hydrogen) atoms. The standard InChI is InChI=1S/C55H34N2S/c1-3-16-35(17-4-1)37-20-15-21-39(32-37)49-34-50(57-54(56-49)36-18-5-2-6-19-36)42-24-8-7-22-40(42)38-30-31-48-45(33-38)41-23-9-12-27-46(41)55(48)47-28-13-10-25-43(47)52-44-26-11-14-29-51(44)58-53(52)55/h1-34H. The molecule has 0 radical (unpaired) electrons. The van der Waals surface area contributed by atoms with E-state index in [1.807, 2.05) is 17.4 Å². The summed E-state index contributed by atoms with van der Waals surface area (Å²) >= 11 is 1.95.